The van der Waals surface area contributed by atoms with Crippen molar-refractivity contribution in [1.82, 2.24) is 19.4 Å². The third-order valence-electron chi connectivity index (χ3n) is 8.71. The predicted molar refractivity (Wildman–Crippen MR) is 154 cm³/mol. The first-order chi connectivity index (χ1) is 19.3. The highest BCUT2D eigenvalue weighted by atomic mass is 32.2. The van der Waals surface area contributed by atoms with E-state index in [-0.39, 0.29) is 23.7 Å². The number of fused-ring (bicyclic) bond motifs is 2. The van der Waals surface area contributed by atoms with E-state index in [1.54, 1.807) is 0 Å². The van der Waals surface area contributed by atoms with Gasteiger partial charge in [0.25, 0.3) is 0 Å². The number of anilines is 1. The Morgan fingerprint density at radius 3 is 2.62 bits per heavy atom. The Morgan fingerprint density at radius 2 is 1.85 bits per heavy atom. The second-order valence-electron chi connectivity index (χ2n) is 11.5. The number of nitrogens with two attached hydrogens (primary N) is 1. The van der Waals surface area contributed by atoms with Gasteiger partial charge in [0.1, 0.15) is 29.6 Å². The van der Waals surface area contributed by atoms with Gasteiger partial charge in [0, 0.05) is 37.4 Å². The molecule has 7 rings (SSSR count). The lowest BCUT2D eigenvalue weighted by Crippen LogP contribution is -2.55. The van der Waals surface area contributed by atoms with Crippen LogP contribution < -0.4 is 10.5 Å². The number of aryl methyl sites for hydroxylation is 1. The number of β-amino-alcohol motifs (C(OH)–C–C–N with tert-alkyl or cyclic N) is 1. The van der Waals surface area contributed by atoms with Gasteiger partial charge in [-0.2, -0.15) is 0 Å². The third-order valence-corrected chi connectivity index (χ3v) is 10.3. The van der Waals surface area contributed by atoms with Gasteiger partial charge in [0.2, 0.25) is 0 Å². The van der Waals surface area contributed by atoms with Crippen molar-refractivity contribution in [2.24, 2.45) is 0 Å². The van der Waals surface area contributed by atoms with Crippen molar-refractivity contribution < 1.29 is 18.3 Å². The number of rotatable bonds is 5. The largest absolute Gasteiger partial charge is 0.485 e. The average molecular weight is 560 g/mol. The molecule has 2 aromatic heterocycles. The summed E-state index contributed by atoms with van der Waals surface area (Å²) in [5.74, 6) is 1.62. The van der Waals surface area contributed by atoms with Crippen molar-refractivity contribution >= 4 is 26.7 Å². The lowest BCUT2D eigenvalue weighted by atomic mass is 9.75. The highest BCUT2D eigenvalue weighted by Crippen LogP contribution is 2.46. The van der Waals surface area contributed by atoms with Crippen molar-refractivity contribution in [3.05, 3.63) is 72.2 Å². The molecule has 1 atom stereocenters. The van der Waals surface area contributed by atoms with E-state index in [4.69, 9.17) is 10.5 Å². The molecule has 2 aromatic carbocycles. The van der Waals surface area contributed by atoms with Gasteiger partial charge in [-0.05, 0) is 48.4 Å². The summed E-state index contributed by atoms with van der Waals surface area (Å²) in [6.45, 7) is 1.43. The molecule has 2 aliphatic heterocycles. The normalized spacial score (nSPS) is 26.1. The number of sulfone groups is 1. The maximum atomic E-state index is 11.8. The lowest BCUT2D eigenvalue weighted by Gasteiger charge is -2.47. The first-order valence-electron chi connectivity index (χ1n) is 13.9. The van der Waals surface area contributed by atoms with Gasteiger partial charge in [-0.15, -0.1) is 0 Å². The lowest BCUT2D eigenvalue weighted by molar-refractivity contribution is -0.0860. The van der Waals surface area contributed by atoms with Crippen LogP contribution in [-0.4, -0.2) is 69.7 Å². The monoisotopic (exact) mass is 559 g/mol. The van der Waals surface area contributed by atoms with Crippen molar-refractivity contribution in [2.45, 2.75) is 43.4 Å². The third kappa shape index (κ3) is 4.63. The zero-order chi connectivity index (χ0) is 27.5. The maximum absolute atomic E-state index is 11.8. The predicted octanol–water partition coefficient (Wildman–Crippen LogP) is 3.54. The fourth-order valence-corrected chi connectivity index (χ4v) is 7.79. The van der Waals surface area contributed by atoms with Gasteiger partial charge in [0.15, 0.2) is 9.84 Å². The summed E-state index contributed by atoms with van der Waals surface area (Å²) in [7, 11) is -2.95. The first kappa shape index (κ1) is 25.5. The van der Waals surface area contributed by atoms with Crippen LogP contribution >= 0.6 is 0 Å². The number of hydrogen-bond donors (Lipinski definition) is 2. The highest BCUT2D eigenvalue weighted by molar-refractivity contribution is 7.91. The SMILES string of the molecule is Nc1ncnc2c1c(-c1ccc3c(c1)OC(c1ccccc1)CC3)cn2C1CC(O)(CN2CCS(=O)(=O)CC2)C1. The molecule has 0 radical (unpaired) electrons. The first-order valence-corrected chi connectivity index (χ1v) is 15.7. The molecule has 40 heavy (non-hydrogen) atoms. The van der Waals surface area contributed by atoms with Crippen molar-refractivity contribution in [3.8, 4) is 16.9 Å². The number of ether oxygens (including phenoxy) is 1. The summed E-state index contributed by atoms with van der Waals surface area (Å²) in [5, 5.41) is 12.0. The molecule has 4 heterocycles. The van der Waals surface area contributed by atoms with E-state index < -0.39 is 15.4 Å². The standard InChI is InChI=1S/C30H33N5O4S/c31-28-27-24(22-7-6-21-8-9-25(39-26(21)14-22)20-4-2-1-3-5-20)17-35(29(27)33-19-32-28)23-15-30(36,16-23)18-34-10-12-40(37,38)13-11-34/h1-7,14,17,19,23,25,36H,8-13,15-16,18H2,(H2,31,32,33). The molecule has 10 heteroatoms. The van der Waals surface area contributed by atoms with Gasteiger partial charge >= 0.3 is 0 Å². The zero-order valence-electron chi connectivity index (χ0n) is 22.2. The molecule has 1 saturated carbocycles. The van der Waals surface area contributed by atoms with Gasteiger partial charge in [0.05, 0.1) is 22.5 Å². The quantitative estimate of drug-likeness (QED) is 0.381. The topological polar surface area (TPSA) is 124 Å². The van der Waals surface area contributed by atoms with Crippen LogP contribution in [0.3, 0.4) is 0 Å². The molecular weight excluding hydrogens is 526 g/mol. The Kier molecular flexibility index (Phi) is 6.10. The Labute approximate surface area is 233 Å². The Morgan fingerprint density at radius 1 is 1.07 bits per heavy atom. The van der Waals surface area contributed by atoms with Crippen LogP contribution in [0.25, 0.3) is 22.2 Å². The average Bonchev–Trinajstić information content (AvgIpc) is 3.33. The van der Waals surface area contributed by atoms with Crippen LogP contribution in [0.15, 0.2) is 61.1 Å². The van der Waals surface area contributed by atoms with E-state index in [9.17, 15) is 13.5 Å². The highest BCUT2D eigenvalue weighted by Gasteiger charge is 2.46. The molecule has 1 aliphatic carbocycles. The molecule has 1 unspecified atom stereocenters. The van der Waals surface area contributed by atoms with E-state index >= 15 is 0 Å². The maximum Gasteiger partial charge on any atom is 0.152 e. The van der Waals surface area contributed by atoms with E-state index in [0.717, 1.165) is 40.8 Å². The molecule has 1 saturated heterocycles. The molecule has 3 aliphatic rings. The smallest absolute Gasteiger partial charge is 0.152 e. The van der Waals surface area contributed by atoms with Crippen LogP contribution in [0.4, 0.5) is 5.82 Å². The van der Waals surface area contributed by atoms with Crippen LogP contribution in [0.5, 0.6) is 5.75 Å². The summed E-state index contributed by atoms with van der Waals surface area (Å²) in [6.07, 6.45) is 6.60. The van der Waals surface area contributed by atoms with E-state index in [1.807, 2.05) is 18.2 Å². The summed E-state index contributed by atoms with van der Waals surface area (Å²) in [6, 6.07) is 16.7. The number of aromatic nitrogens is 3. The molecule has 0 bridgehead atoms. The van der Waals surface area contributed by atoms with Crippen molar-refractivity contribution in [1.29, 1.82) is 0 Å². The van der Waals surface area contributed by atoms with Gasteiger partial charge in [-0.3, -0.25) is 4.90 Å². The minimum absolute atomic E-state index is 0.0198. The van der Waals surface area contributed by atoms with Crippen LogP contribution in [0.1, 0.15) is 42.5 Å². The number of nitrogen functional groups attached to an aromatic ring is 1. The fourth-order valence-electron chi connectivity index (χ4n) is 6.51. The number of nitrogens with zero attached hydrogens (tertiary/aromatic N) is 4. The Balaban J connectivity index is 1.16. The van der Waals surface area contributed by atoms with Gasteiger partial charge < -0.3 is 20.1 Å². The van der Waals surface area contributed by atoms with Crippen molar-refractivity contribution in [2.75, 3.05) is 36.9 Å². The molecule has 0 spiro atoms. The van der Waals surface area contributed by atoms with E-state index in [0.29, 0.717) is 38.3 Å². The van der Waals surface area contributed by atoms with Gasteiger partial charge in [-0.25, -0.2) is 18.4 Å². The summed E-state index contributed by atoms with van der Waals surface area (Å²) >= 11 is 0. The molecule has 3 N–H and O–H groups in total. The van der Waals surface area contributed by atoms with Crippen LogP contribution in [0.2, 0.25) is 0 Å². The fraction of sp³-hybridized carbons (Fsp3) is 0.400. The number of hydrogen-bond acceptors (Lipinski definition) is 8. The summed E-state index contributed by atoms with van der Waals surface area (Å²) in [4.78, 5) is 10.9. The van der Waals surface area contributed by atoms with Gasteiger partial charge in [-0.1, -0.05) is 42.5 Å². The summed E-state index contributed by atoms with van der Waals surface area (Å²) < 4.78 is 32.2. The zero-order valence-corrected chi connectivity index (χ0v) is 23.1. The van der Waals surface area contributed by atoms with Crippen molar-refractivity contribution in [3.63, 3.8) is 0 Å². The Hall–Kier alpha value is -3.47. The molecular formula is C30H33N5O4S. The molecule has 2 fully saturated rings. The second kappa shape index (κ2) is 9.57. The minimum Gasteiger partial charge on any atom is -0.485 e. The Bertz CT molecular complexity index is 1670. The van der Waals surface area contributed by atoms with Crippen LogP contribution in [0, 0.1) is 0 Å². The van der Waals surface area contributed by atoms with E-state index in [1.165, 1.54) is 17.5 Å². The summed E-state index contributed by atoms with van der Waals surface area (Å²) in [5.41, 5.74) is 10.6. The second-order valence-corrected chi connectivity index (χ2v) is 13.8. The van der Waals surface area contributed by atoms with E-state index in [2.05, 4.69) is 56.0 Å². The minimum atomic E-state index is -2.95. The molecule has 9 nitrogen and oxygen atoms in total. The number of aliphatic hydroxyl groups is 1. The molecule has 4 aromatic rings. The number of benzene rings is 2. The van der Waals surface area contributed by atoms with Crippen LogP contribution in [-0.2, 0) is 16.3 Å². The molecule has 0 amide bonds. The molecule has 208 valence electrons.